The van der Waals surface area contributed by atoms with Gasteiger partial charge in [-0.15, -0.1) is 6.58 Å². The molecule has 110 valence electrons. The summed E-state index contributed by atoms with van der Waals surface area (Å²) >= 11 is 0. The van der Waals surface area contributed by atoms with Crippen molar-refractivity contribution in [1.29, 1.82) is 0 Å². The second-order valence-corrected chi connectivity index (χ2v) is 6.12. The SMILES string of the molecule is C=CC(C)(C)CC(NC(=O)OC(C)(C)C)C(=O)OC. The van der Waals surface area contributed by atoms with E-state index in [1.807, 2.05) is 13.8 Å². The molecule has 0 aliphatic carbocycles. The van der Waals surface area contributed by atoms with E-state index in [4.69, 9.17) is 9.47 Å². The van der Waals surface area contributed by atoms with Crippen molar-refractivity contribution in [2.45, 2.75) is 52.7 Å². The maximum absolute atomic E-state index is 11.7. The number of alkyl carbamates (subject to hydrolysis) is 1. The molecule has 0 radical (unpaired) electrons. The normalized spacial score (nSPS) is 13.4. The number of amides is 1. The van der Waals surface area contributed by atoms with Gasteiger partial charge in [0, 0.05) is 0 Å². The second-order valence-electron chi connectivity index (χ2n) is 6.12. The predicted molar refractivity (Wildman–Crippen MR) is 73.8 cm³/mol. The highest BCUT2D eigenvalue weighted by Gasteiger charge is 2.29. The first-order valence-electron chi connectivity index (χ1n) is 6.21. The first-order valence-corrected chi connectivity index (χ1v) is 6.21. The van der Waals surface area contributed by atoms with Crippen molar-refractivity contribution >= 4 is 12.1 Å². The molecule has 0 saturated carbocycles. The molecule has 0 rings (SSSR count). The summed E-state index contributed by atoms with van der Waals surface area (Å²) < 4.78 is 9.82. The molecule has 0 aromatic carbocycles. The van der Waals surface area contributed by atoms with Crippen molar-refractivity contribution in [2.24, 2.45) is 5.41 Å². The van der Waals surface area contributed by atoms with E-state index < -0.39 is 23.7 Å². The summed E-state index contributed by atoms with van der Waals surface area (Å²) in [4.78, 5) is 23.4. The van der Waals surface area contributed by atoms with Crippen LogP contribution in [0.25, 0.3) is 0 Å². The van der Waals surface area contributed by atoms with Gasteiger partial charge in [0.2, 0.25) is 0 Å². The third kappa shape index (κ3) is 7.49. The maximum atomic E-state index is 11.7. The largest absolute Gasteiger partial charge is 0.467 e. The quantitative estimate of drug-likeness (QED) is 0.616. The van der Waals surface area contributed by atoms with E-state index in [0.29, 0.717) is 6.42 Å². The Hall–Kier alpha value is -1.52. The van der Waals surface area contributed by atoms with Crippen molar-refractivity contribution in [2.75, 3.05) is 7.11 Å². The van der Waals surface area contributed by atoms with Gasteiger partial charge in [-0.3, -0.25) is 0 Å². The van der Waals surface area contributed by atoms with Gasteiger partial charge >= 0.3 is 12.1 Å². The molecule has 1 amide bonds. The Morgan fingerprint density at radius 1 is 1.26 bits per heavy atom. The van der Waals surface area contributed by atoms with Gasteiger partial charge in [-0.2, -0.15) is 0 Å². The number of hydrogen-bond donors (Lipinski definition) is 1. The first kappa shape index (κ1) is 17.5. The van der Waals surface area contributed by atoms with Crippen LogP contribution in [-0.2, 0) is 14.3 Å². The summed E-state index contributed by atoms with van der Waals surface area (Å²) in [5, 5.41) is 2.53. The molecule has 0 fully saturated rings. The first-order chi connectivity index (χ1) is 8.50. The number of carbonyl (C=O) groups excluding carboxylic acids is 2. The fourth-order valence-corrected chi connectivity index (χ4v) is 1.39. The van der Waals surface area contributed by atoms with Gasteiger partial charge in [-0.1, -0.05) is 19.9 Å². The van der Waals surface area contributed by atoms with E-state index in [2.05, 4.69) is 11.9 Å². The Kier molecular flexibility index (Phi) is 6.06. The molecular formula is C14H25NO4. The van der Waals surface area contributed by atoms with Crippen LogP contribution in [0, 0.1) is 5.41 Å². The van der Waals surface area contributed by atoms with Crippen molar-refractivity contribution in [3.63, 3.8) is 0 Å². The molecule has 1 N–H and O–H groups in total. The number of carbonyl (C=O) groups is 2. The fourth-order valence-electron chi connectivity index (χ4n) is 1.39. The molecule has 19 heavy (non-hydrogen) atoms. The van der Waals surface area contributed by atoms with E-state index in [0.717, 1.165) is 0 Å². The van der Waals surface area contributed by atoms with Crippen LogP contribution in [0.15, 0.2) is 12.7 Å². The zero-order valence-corrected chi connectivity index (χ0v) is 12.7. The van der Waals surface area contributed by atoms with Gasteiger partial charge in [-0.25, -0.2) is 9.59 Å². The highest BCUT2D eigenvalue weighted by Crippen LogP contribution is 2.24. The smallest absolute Gasteiger partial charge is 0.408 e. The van der Waals surface area contributed by atoms with E-state index in [1.54, 1.807) is 26.8 Å². The standard InChI is InChI=1S/C14H25NO4/c1-8-14(5,6)9-10(11(16)18-7)15-12(17)19-13(2,3)4/h8,10H,1,9H2,2-7H3,(H,15,17). The Bertz CT molecular complexity index is 342. The Balaban J connectivity index is 4.75. The van der Waals surface area contributed by atoms with Crippen LogP contribution in [0.2, 0.25) is 0 Å². The summed E-state index contributed by atoms with van der Waals surface area (Å²) in [5.41, 5.74) is -0.910. The van der Waals surface area contributed by atoms with Gasteiger partial charge in [0.1, 0.15) is 11.6 Å². The summed E-state index contributed by atoms with van der Waals surface area (Å²) in [5.74, 6) is -0.499. The summed E-state index contributed by atoms with van der Waals surface area (Å²) in [7, 11) is 1.28. The van der Waals surface area contributed by atoms with Crippen LogP contribution < -0.4 is 5.32 Å². The number of methoxy groups -OCH3 is 1. The van der Waals surface area contributed by atoms with Crippen LogP contribution in [0.1, 0.15) is 41.0 Å². The molecule has 0 aliphatic heterocycles. The third-order valence-electron chi connectivity index (χ3n) is 2.46. The lowest BCUT2D eigenvalue weighted by molar-refractivity contribution is -0.143. The lowest BCUT2D eigenvalue weighted by Gasteiger charge is -2.27. The Morgan fingerprint density at radius 2 is 1.79 bits per heavy atom. The second kappa shape index (κ2) is 6.59. The van der Waals surface area contributed by atoms with Gasteiger partial charge in [0.15, 0.2) is 0 Å². The van der Waals surface area contributed by atoms with E-state index in [-0.39, 0.29) is 5.41 Å². The minimum Gasteiger partial charge on any atom is -0.467 e. The molecule has 5 heteroatoms. The molecule has 0 aliphatic rings. The molecule has 5 nitrogen and oxygen atoms in total. The van der Waals surface area contributed by atoms with Crippen molar-refractivity contribution in [3.8, 4) is 0 Å². The number of rotatable bonds is 5. The summed E-state index contributed by atoms with van der Waals surface area (Å²) in [6.07, 6.45) is 1.49. The molecule has 0 bridgehead atoms. The van der Waals surface area contributed by atoms with Gasteiger partial charge in [-0.05, 0) is 32.6 Å². The average Bonchev–Trinajstić information content (AvgIpc) is 2.24. The van der Waals surface area contributed by atoms with Crippen molar-refractivity contribution < 1.29 is 19.1 Å². The molecule has 1 unspecified atom stereocenters. The average molecular weight is 271 g/mol. The number of nitrogens with one attached hydrogen (secondary N) is 1. The Morgan fingerprint density at radius 3 is 2.16 bits per heavy atom. The highest BCUT2D eigenvalue weighted by atomic mass is 16.6. The Labute approximate surface area is 115 Å². The van der Waals surface area contributed by atoms with Crippen LogP contribution in [0.4, 0.5) is 4.79 Å². The molecule has 0 spiro atoms. The number of hydrogen-bond acceptors (Lipinski definition) is 4. The van der Waals surface area contributed by atoms with Crippen LogP contribution in [0.5, 0.6) is 0 Å². The lowest BCUT2D eigenvalue weighted by Crippen LogP contribution is -2.45. The van der Waals surface area contributed by atoms with Crippen molar-refractivity contribution in [1.82, 2.24) is 5.32 Å². The molecule has 0 saturated heterocycles. The number of allylic oxidation sites excluding steroid dienone is 1. The molecule has 0 aromatic heterocycles. The maximum Gasteiger partial charge on any atom is 0.408 e. The van der Waals surface area contributed by atoms with Gasteiger partial charge in [0.05, 0.1) is 7.11 Å². The fraction of sp³-hybridized carbons (Fsp3) is 0.714. The van der Waals surface area contributed by atoms with E-state index in [9.17, 15) is 9.59 Å². The number of ether oxygens (including phenoxy) is 2. The lowest BCUT2D eigenvalue weighted by atomic mass is 9.86. The van der Waals surface area contributed by atoms with Gasteiger partial charge in [0.25, 0.3) is 0 Å². The van der Waals surface area contributed by atoms with E-state index in [1.165, 1.54) is 7.11 Å². The molecule has 0 aromatic rings. The monoisotopic (exact) mass is 271 g/mol. The zero-order valence-electron chi connectivity index (χ0n) is 12.7. The van der Waals surface area contributed by atoms with Crippen molar-refractivity contribution in [3.05, 3.63) is 12.7 Å². The minimum absolute atomic E-state index is 0.298. The predicted octanol–water partition coefficient (Wildman–Crippen LogP) is 2.66. The van der Waals surface area contributed by atoms with Crippen LogP contribution >= 0.6 is 0 Å². The summed E-state index contributed by atoms with van der Waals surface area (Å²) in [6, 6.07) is -0.757. The van der Waals surface area contributed by atoms with Gasteiger partial charge < -0.3 is 14.8 Å². The van der Waals surface area contributed by atoms with E-state index >= 15 is 0 Å². The molecular weight excluding hydrogens is 246 g/mol. The van der Waals surface area contributed by atoms with Crippen LogP contribution in [-0.4, -0.2) is 30.8 Å². The minimum atomic E-state index is -0.757. The van der Waals surface area contributed by atoms with Crippen LogP contribution in [0.3, 0.4) is 0 Å². The molecule has 1 atom stereocenters. The number of esters is 1. The topological polar surface area (TPSA) is 64.6 Å². The zero-order chi connectivity index (χ0) is 15.3. The highest BCUT2D eigenvalue weighted by molar-refractivity contribution is 5.81. The third-order valence-corrected chi connectivity index (χ3v) is 2.46. The molecule has 0 heterocycles. The summed E-state index contributed by atoms with van der Waals surface area (Å²) in [6.45, 7) is 12.8.